The van der Waals surface area contributed by atoms with Crippen molar-refractivity contribution in [2.75, 3.05) is 24.6 Å². The van der Waals surface area contributed by atoms with Crippen molar-refractivity contribution in [3.63, 3.8) is 0 Å². The van der Waals surface area contributed by atoms with Gasteiger partial charge in [0.2, 0.25) is 0 Å². The van der Waals surface area contributed by atoms with Crippen molar-refractivity contribution in [1.29, 1.82) is 0 Å². The normalized spacial score (nSPS) is 17.8. The van der Waals surface area contributed by atoms with Crippen LogP contribution in [0.1, 0.15) is 18.5 Å². The molecule has 30 heavy (non-hydrogen) atoms. The third kappa shape index (κ3) is 4.45. The van der Waals surface area contributed by atoms with E-state index in [2.05, 4.69) is 58.5 Å². The summed E-state index contributed by atoms with van der Waals surface area (Å²) in [5.41, 5.74) is 11.8. The molecule has 3 N–H and O–H groups in total. The molecule has 1 aliphatic rings. The minimum absolute atomic E-state index is 0.216. The number of nitrogens with two attached hydrogens (primary N) is 1. The molecule has 0 bridgehead atoms. The molecule has 0 saturated carbocycles. The maximum absolute atomic E-state index is 6.29. The summed E-state index contributed by atoms with van der Waals surface area (Å²) in [6.45, 7) is 12.4. The number of H-pyrrole nitrogens is 1. The van der Waals surface area contributed by atoms with Crippen molar-refractivity contribution in [3.8, 4) is 11.1 Å². The second-order valence-corrected chi connectivity index (χ2v) is 15.3. The number of ether oxygens (including phenoxy) is 1. The summed E-state index contributed by atoms with van der Waals surface area (Å²) >= 11 is 0. The van der Waals surface area contributed by atoms with Crippen molar-refractivity contribution < 1.29 is 4.74 Å². The van der Waals surface area contributed by atoms with E-state index in [0.29, 0.717) is 6.73 Å². The lowest BCUT2D eigenvalue weighted by molar-refractivity contribution is 0.0899. The van der Waals surface area contributed by atoms with E-state index in [1.807, 2.05) is 12.4 Å². The van der Waals surface area contributed by atoms with Gasteiger partial charge in [0.1, 0.15) is 12.4 Å². The van der Waals surface area contributed by atoms with Crippen LogP contribution < -0.4 is 10.6 Å². The fourth-order valence-corrected chi connectivity index (χ4v) is 4.91. The van der Waals surface area contributed by atoms with E-state index in [4.69, 9.17) is 15.5 Å². The van der Waals surface area contributed by atoms with Gasteiger partial charge in [-0.3, -0.25) is 5.10 Å². The van der Waals surface area contributed by atoms with Crippen molar-refractivity contribution in [1.82, 2.24) is 19.7 Å². The Balaban J connectivity index is 1.73. The van der Waals surface area contributed by atoms with Gasteiger partial charge in [0.25, 0.3) is 0 Å². The fourth-order valence-electron chi connectivity index (χ4n) is 4.16. The van der Waals surface area contributed by atoms with Crippen molar-refractivity contribution >= 4 is 24.8 Å². The molecule has 7 nitrogen and oxygen atoms in total. The van der Waals surface area contributed by atoms with Crippen LogP contribution in [-0.4, -0.2) is 53.6 Å². The number of aromatic amines is 1. The molecule has 0 amide bonds. The van der Waals surface area contributed by atoms with Gasteiger partial charge in [-0.15, -0.1) is 0 Å². The Hall–Kier alpha value is -2.16. The molecular formula is C22H34N6OSi. The average molecular weight is 427 g/mol. The van der Waals surface area contributed by atoms with Crippen LogP contribution in [0.3, 0.4) is 0 Å². The molecule has 1 fully saturated rings. The summed E-state index contributed by atoms with van der Waals surface area (Å²) in [7, 11) is -1.11. The van der Waals surface area contributed by atoms with Crippen LogP contribution in [0.4, 0.5) is 5.69 Å². The van der Waals surface area contributed by atoms with Crippen LogP contribution in [-0.2, 0) is 11.5 Å². The number of piperidine rings is 1. The van der Waals surface area contributed by atoms with Gasteiger partial charge in [0, 0.05) is 68.7 Å². The number of nitrogens with zero attached hydrogens (tertiary/aromatic N) is 4. The number of hydrogen-bond acceptors (Lipinski definition) is 5. The van der Waals surface area contributed by atoms with Crippen LogP contribution >= 0.6 is 0 Å². The lowest BCUT2D eigenvalue weighted by atomic mass is 10.0. The Morgan fingerprint density at radius 3 is 2.83 bits per heavy atom. The number of hydrogen-bond donors (Lipinski definition) is 2. The predicted octanol–water partition coefficient (Wildman–Crippen LogP) is 3.97. The first-order valence-corrected chi connectivity index (χ1v) is 14.6. The summed E-state index contributed by atoms with van der Waals surface area (Å²) in [5, 5.41) is 8.49. The third-order valence-corrected chi connectivity index (χ3v) is 7.58. The molecule has 162 valence electrons. The first kappa shape index (κ1) is 21.1. The zero-order chi connectivity index (χ0) is 21.3. The first-order valence-electron chi connectivity index (χ1n) is 10.9. The molecule has 0 radical (unpaired) electrons. The Bertz CT molecular complexity index is 1000. The monoisotopic (exact) mass is 426 g/mol. The number of aryl methyl sites for hydroxylation is 1. The number of rotatable bonds is 7. The number of anilines is 1. The van der Waals surface area contributed by atoms with Gasteiger partial charge in [-0.25, -0.2) is 4.98 Å². The highest BCUT2D eigenvalue weighted by Crippen LogP contribution is 2.38. The van der Waals surface area contributed by atoms with Gasteiger partial charge in [-0.2, -0.15) is 5.10 Å². The molecule has 4 rings (SSSR count). The molecule has 0 unspecified atom stereocenters. The van der Waals surface area contributed by atoms with Gasteiger partial charge in [0.15, 0.2) is 0 Å². The zero-order valence-corrected chi connectivity index (χ0v) is 19.6. The molecular weight excluding hydrogens is 392 g/mol. The second kappa shape index (κ2) is 8.53. The van der Waals surface area contributed by atoms with Gasteiger partial charge in [-0.1, -0.05) is 19.6 Å². The minimum atomic E-state index is -1.11. The van der Waals surface area contributed by atoms with Crippen molar-refractivity contribution in [3.05, 3.63) is 30.4 Å². The maximum atomic E-state index is 6.29. The molecule has 4 heterocycles. The first-order chi connectivity index (χ1) is 14.3. The summed E-state index contributed by atoms with van der Waals surface area (Å²) < 4.78 is 8.20. The molecule has 0 spiro atoms. The van der Waals surface area contributed by atoms with Gasteiger partial charge in [0.05, 0.1) is 11.6 Å². The Kier molecular flexibility index (Phi) is 5.99. The molecule has 0 aliphatic carbocycles. The van der Waals surface area contributed by atoms with E-state index in [1.54, 1.807) is 0 Å². The van der Waals surface area contributed by atoms with Gasteiger partial charge < -0.3 is 19.9 Å². The quantitative estimate of drug-likeness (QED) is 0.441. The summed E-state index contributed by atoms with van der Waals surface area (Å²) in [6.07, 6.45) is 8.18. The molecule has 3 aromatic rings. The molecule has 1 saturated heterocycles. The predicted molar refractivity (Wildman–Crippen MR) is 126 cm³/mol. The van der Waals surface area contributed by atoms with Crippen molar-refractivity contribution in [2.24, 2.45) is 5.73 Å². The second-order valence-electron chi connectivity index (χ2n) is 9.65. The standard InChI is InChI=1S/C22H34N6OSi/c1-16-18(12-25-26-16)19-14-28(15-29-10-11-30(2,3)4)22-21(19)20(7-8-24-22)27-9-5-6-17(23)13-27/h7-8,12,14,17H,5-6,9-11,13,15,23H2,1-4H3,(H,25,26)/t17-/m0/s1. The zero-order valence-electron chi connectivity index (χ0n) is 18.6. The van der Waals surface area contributed by atoms with Crippen LogP contribution in [0.25, 0.3) is 22.2 Å². The summed E-state index contributed by atoms with van der Waals surface area (Å²) in [5.74, 6) is 0. The average Bonchev–Trinajstić information content (AvgIpc) is 3.27. The van der Waals surface area contributed by atoms with Crippen LogP contribution in [0.5, 0.6) is 0 Å². The number of aromatic nitrogens is 4. The largest absolute Gasteiger partial charge is 0.369 e. The molecule has 1 aliphatic heterocycles. The highest BCUT2D eigenvalue weighted by atomic mass is 28.3. The summed E-state index contributed by atoms with van der Waals surface area (Å²) in [6, 6.07) is 3.49. The van der Waals surface area contributed by atoms with Crippen LogP contribution in [0.15, 0.2) is 24.7 Å². The molecule has 1 atom stereocenters. The lowest BCUT2D eigenvalue weighted by Gasteiger charge is -2.33. The molecule has 8 heteroatoms. The van der Waals surface area contributed by atoms with E-state index in [0.717, 1.165) is 66.4 Å². The molecule has 3 aromatic heterocycles. The van der Waals surface area contributed by atoms with E-state index >= 15 is 0 Å². The smallest absolute Gasteiger partial charge is 0.144 e. The number of pyridine rings is 1. The topological polar surface area (TPSA) is 85.0 Å². The van der Waals surface area contributed by atoms with E-state index in [9.17, 15) is 0 Å². The summed E-state index contributed by atoms with van der Waals surface area (Å²) in [4.78, 5) is 7.16. The van der Waals surface area contributed by atoms with Crippen molar-refractivity contribution in [2.45, 2.75) is 58.2 Å². The van der Waals surface area contributed by atoms with E-state index in [1.165, 1.54) is 5.69 Å². The highest BCUT2D eigenvalue weighted by molar-refractivity contribution is 6.76. The highest BCUT2D eigenvalue weighted by Gasteiger charge is 2.23. The number of fused-ring (bicyclic) bond motifs is 1. The number of nitrogens with one attached hydrogen (secondary N) is 1. The van der Waals surface area contributed by atoms with E-state index < -0.39 is 8.07 Å². The SMILES string of the molecule is Cc1[nH]ncc1-c1cn(COCC[Si](C)(C)C)c2nccc(N3CCC[C@H](N)C3)c12. The third-order valence-electron chi connectivity index (χ3n) is 5.88. The van der Waals surface area contributed by atoms with Gasteiger partial charge in [-0.05, 0) is 31.9 Å². The lowest BCUT2D eigenvalue weighted by Crippen LogP contribution is -2.42. The fraction of sp³-hybridized carbons (Fsp3) is 0.545. The van der Waals surface area contributed by atoms with Gasteiger partial charge >= 0.3 is 0 Å². The minimum Gasteiger partial charge on any atom is -0.369 e. The Morgan fingerprint density at radius 2 is 2.13 bits per heavy atom. The Morgan fingerprint density at radius 1 is 1.30 bits per heavy atom. The van der Waals surface area contributed by atoms with Crippen LogP contribution in [0.2, 0.25) is 25.7 Å². The van der Waals surface area contributed by atoms with Crippen LogP contribution in [0, 0.1) is 6.92 Å². The van der Waals surface area contributed by atoms with E-state index in [-0.39, 0.29) is 6.04 Å². The molecule has 0 aromatic carbocycles. The Labute approximate surface area is 179 Å². The maximum Gasteiger partial charge on any atom is 0.144 e.